The topological polar surface area (TPSA) is 69.9 Å². The van der Waals surface area contributed by atoms with Crippen LogP contribution in [0, 0.1) is 11.8 Å². The van der Waals surface area contributed by atoms with Crippen molar-refractivity contribution in [3.05, 3.63) is 47.0 Å². The zero-order valence-electron chi connectivity index (χ0n) is 15.6. The van der Waals surface area contributed by atoms with E-state index in [0.717, 1.165) is 31.4 Å². The summed E-state index contributed by atoms with van der Waals surface area (Å²) in [6.07, 6.45) is 4.82. The van der Waals surface area contributed by atoms with Crippen LogP contribution < -0.4 is 0 Å². The molecule has 0 heterocycles. The minimum Gasteiger partial charge on any atom is -0.393 e. The predicted molar refractivity (Wildman–Crippen MR) is 99.4 cm³/mol. The van der Waals surface area contributed by atoms with E-state index in [-0.39, 0.29) is 18.4 Å². The fraction of sp³-hybridized carbons (Fsp3) is 0.619. The zero-order chi connectivity index (χ0) is 18.4. The molecule has 2 rings (SSSR count). The number of aliphatic hydroxyl groups is 3. The number of methoxy groups -OCH3 is 1. The van der Waals surface area contributed by atoms with Crippen LogP contribution in [-0.4, -0.2) is 47.3 Å². The van der Waals surface area contributed by atoms with Gasteiger partial charge in [-0.15, -0.1) is 0 Å². The first-order valence-corrected chi connectivity index (χ1v) is 9.13. The summed E-state index contributed by atoms with van der Waals surface area (Å²) in [5, 5.41) is 30.3. The molecule has 0 spiro atoms. The number of aryl methyl sites for hydroxylation is 1. The van der Waals surface area contributed by atoms with Crippen LogP contribution in [0.25, 0.3) is 0 Å². The maximum atomic E-state index is 10.6. The van der Waals surface area contributed by atoms with E-state index in [4.69, 9.17) is 4.74 Å². The summed E-state index contributed by atoms with van der Waals surface area (Å²) >= 11 is 0. The van der Waals surface area contributed by atoms with Gasteiger partial charge in [0.1, 0.15) is 0 Å². The Kier molecular flexibility index (Phi) is 7.20. The molecule has 3 N–H and O–H groups in total. The molecular weight excluding hydrogens is 316 g/mol. The highest BCUT2D eigenvalue weighted by molar-refractivity contribution is 5.25. The number of benzene rings is 1. The lowest BCUT2D eigenvalue weighted by Crippen LogP contribution is -2.46. The number of allylic oxidation sites excluding steroid dienone is 1. The van der Waals surface area contributed by atoms with Gasteiger partial charge < -0.3 is 20.1 Å². The summed E-state index contributed by atoms with van der Waals surface area (Å²) in [6, 6.07) is 8.58. The first-order chi connectivity index (χ1) is 11.9. The number of aliphatic hydroxyl groups excluding tert-OH is 2. The summed E-state index contributed by atoms with van der Waals surface area (Å²) in [7, 11) is 1.72. The summed E-state index contributed by atoms with van der Waals surface area (Å²) < 4.78 is 5.09. The van der Waals surface area contributed by atoms with Gasteiger partial charge in [-0.1, -0.05) is 30.3 Å². The van der Waals surface area contributed by atoms with Crippen molar-refractivity contribution in [1.82, 2.24) is 0 Å². The summed E-state index contributed by atoms with van der Waals surface area (Å²) in [6.45, 7) is 4.06. The van der Waals surface area contributed by atoms with Crippen LogP contribution in [0.5, 0.6) is 0 Å². The van der Waals surface area contributed by atoms with Crippen LogP contribution in [0.3, 0.4) is 0 Å². The van der Waals surface area contributed by atoms with E-state index in [1.807, 2.05) is 6.92 Å². The first kappa shape index (κ1) is 20.1. The van der Waals surface area contributed by atoms with Crippen molar-refractivity contribution >= 4 is 0 Å². The molecule has 140 valence electrons. The second-order valence-corrected chi connectivity index (χ2v) is 7.56. The molecule has 25 heavy (non-hydrogen) atoms. The Bertz CT molecular complexity index is 562. The molecule has 4 heteroatoms. The van der Waals surface area contributed by atoms with Gasteiger partial charge in [-0.2, -0.15) is 0 Å². The highest BCUT2D eigenvalue weighted by Crippen LogP contribution is 2.38. The highest BCUT2D eigenvalue weighted by Gasteiger charge is 2.40. The molecule has 0 unspecified atom stereocenters. The third-order valence-electron chi connectivity index (χ3n) is 5.42. The lowest BCUT2D eigenvalue weighted by molar-refractivity contribution is -0.0755. The predicted octanol–water partition coefficient (Wildman–Crippen LogP) is 2.49. The molecule has 0 amide bonds. The Hall–Kier alpha value is -1.20. The Morgan fingerprint density at radius 1 is 1.20 bits per heavy atom. The number of hydrogen-bond acceptors (Lipinski definition) is 4. The molecule has 1 aliphatic carbocycles. The SMILES string of the molecule is COCCCc1ccc(C[C@H]2C=C(C)[C@@H](O)C[C@@H]2[C@@](C)(O)CO)cc1. The Morgan fingerprint density at radius 3 is 2.44 bits per heavy atom. The van der Waals surface area contributed by atoms with Crippen LogP contribution in [0.4, 0.5) is 0 Å². The zero-order valence-corrected chi connectivity index (χ0v) is 15.6. The van der Waals surface area contributed by atoms with Crippen molar-refractivity contribution in [2.75, 3.05) is 20.3 Å². The molecule has 0 radical (unpaired) electrons. The summed E-state index contributed by atoms with van der Waals surface area (Å²) in [5.41, 5.74) is 2.26. The van der Waals surface area contributed by atoms with Gasteiger partial charge in [-0.25, -0.2) is 0 Å². The molecule has 4 atom stereocenters. The van der Waals surface area contributed by atoms with Gasteiger partial charge in [0.25, 0.3) is 0 Å². The van der Waals surface area contributed by atoms with E-state index < -0.39 is 11.7 Å². The smallest absolute Gasteiger partial charge is 0.0884 e. The second-order valence-electron chi connectivity index (χ2n) is 7.56. The Morgan fingerprint density at radius 2 is 1.84 bits per heavy atom. The third kappa shape index (κ3) is 5.38. The molecule has 1 aromatic rings. The molecule has 0 bridgehead atoms. The standard InChI is InChI=1S/C21H32O4/c1-15-11-18(19(13-20(15)23)21(2,24)14-22)12-17-8-6-16(7-9-17)5-4-10-25-3/h6-9,11,18-20,22-24H,4-5,10,12-14H2,1-3H3/t18-,19+,20+,21+/m1/s1. The van der Waals surface area contributed by atoms with Crippen LogP contribution in [0.2, 0.25) is 0 Å². The lowest BCUT2D eigenvalue weighted by Gasteiger charge is -2.40. The van der Waals surface area contributed by atoms with E-state index in [2.05, 4.69) is 30.3 Å². The van der Waals surface area contributed by atoms with Crippen molar-refractivity contribution in [1.29, 1.82) is 0 Å². The quantitative estimate of drug-likeness (QED) is 0.499. The van der Waals surface area contributed by atoms with Crippen LogP contribution >= 0.6 is 0 Å². The van der Waals surface area contributed by atoms with Gasteiger partial charge in [-0.05, 0) is 68.1 Å². The van der Waals surface area contributed by atoms with E-state index in [1.54, 1.807) is 14.0 Å². The van der Waals surface area contributed by atoms with E-state index >= 15 is 0 Å². The van der Waals surface area contributed by atoms with Crippen molar-refractivity contribution in [2.24, 2.45) is 11.8 Å². The molecule has 0 aliphatic heterocycles. The monoisotopic (exact) mass is 348 g/mol. The minimum absolute atomic E-state index is 0.102. The van der Waals surface area contributed by atoms with Gasteiger partial charge in [0.2, 0.25) is 0 Å². The maximum Gasteiger partial charge on any atom is 0.0884 e. The fourth-order valence-electron chi connectivity index (χ4n) is 3.73. The van der Waals surface area contributed by atoms with Gasteiger partial charge in [0, 0.05) is 13.7 Å². The summed E-state index contributed by atoms with van der Waals surface area (Å²) in [4.78, 5) is 0. The van der Waals surface area contributed by atoms with Crippen LogP contribution in [-0.2, 0) is 17.6 Å². The van der Waals surface area contributed by atoms with Gasteiger partial charge >= 0.3 is 0 Å². The number of rotatable bonds is 8. The molecule has 0 saturated heterocycles. The van der Waals surface area contributed by atoms with Gasteiger partial charge in [-0.3, -0.25) is 0 Å². The van der Waals surface area contributed by atoms with Crippen LogP contribution in [0.1, 0.15) is 37.8 Å². The Balaban J connectivity index is 2.10. The second kappa shape index (κ2) is 8.95. The number of hydrogen-bond donors (Lipinski definition) is 3. The molecule has 0 saturated carbocycles. The van der Waals surface area contributed by atoms with Crippen molar-refractivity contribution in [3.63, 3.8) is 0 Å². The summed E-state index contributed by atoms with van der Waals surface area (Å²) in [5.74, 6) is -0.0672. The molecule has 1 aromatic carbocycles. The highest BCUT2D eigenvalue weighted by atomic mass is 16.5. The van der Waals surface area contributed by atoms with Gasteiger partial charge in [0.15, 0.2) is 0 Å². The average Bonchev–Trinajstić information content (AvgIpc) is 2.59. The van der Waals surface area contributed by atoms with Crippen molar-refractivity contribution < 1.29 is 20.1 Å². The largest absolute Gasteiger partial charge is 0.393 e. The van der Waals surface area contributed by atoms with Gasteiger partial charge in [0.05, 0.1) is 18.3 Å². The Labute approximate surface area is 151 Å². The van der Waals surface area contributed by atoms with E-state index in [0.29, 0.717) is 6.42 Å². The minimum atomic E-state index is -1.19. The molecule has 1 aliphatic rings. The fourth-order valence-corrected chi connectivity index (χ4v) is 3.73. The maximum absolute atomic E-state index is 10.6. The molecular formula is C21H32O4. The van der Waals surface area contributed by atoms with Crippen molar-refractivity contribution in [3.8, 4) is 0 Å². The average molecular weight is 348 g/mol. The van der Waals surface area contributed by atoms with E-state index in [1.165, 1.54) is 11.1 Å². The lowest BCUT2D eigenvalue weighted by atomic mass is 9.69. The molecule has 0 fully saturated rings. The number of ether oxygens (including phenoxy) is 1. The van der Waals surface area contributed by atoms with E-state index in [9.17, 15) is 15.3 Å². The van der Waals surface area contributed by atoms with Crippen LogP contribution in [0.15, 0.2) is 35.9 Å². The molecule has 4 nitrogen and oxygen atoms in total. The molecule has 0 aromatic heterocycles. The first-order valence-electron chi connectivity index (χ1n) is 9.13. The van der Waals surface area contributed by atoms with Crippen molar-refractivity contribution in [2.45, 2.75) is 51.2 Å². The third-order valence-corrected chi connectivity index (χ3v) is 5.42. The normalized spacial score (nSPS) is 26.2.